The van der Waals surface area contributed by atoms with Gasteiger partial charge < -0.3 is 14.6 Å². The number of aryl methyl sites for hydroxylation is 1. The molecule has 4 rings (SSSR count). The predicted molar refractivity (Wildman–Crippen MR) is 75.3 cm³/mol. The van der Waals surface area contributed by atoms with Crippen LogP contribution in [0.25, 0.3) is 0 Å². The molecule has 5 heteroatoms. The second-order valence-electron chi connectivity index (χ2n) is 5.13. The van der Waals surface area contributed by atoms with E-state index in [0.717, 1.165) is 41.5 Å². The Morgan fingerprint density at radius 1 is 1.25 bits per heavy atom. The van der Waals surface area contributed by atoms with Gasteiger partial charge >= 0.3 is 0 Å². The van der Waals surface area contributed by atoms with Crippen LogP contribution in [0, 0.1) is 0 Å². The van der Waals surface area contributed by atoms with Gasteiger partial charge in [0.05, 0.1) is 11.8 Å². The Kier molecular flexibility index (Phi) is 2.89. The first kappa shape index (κ1) is 12.2. The van der Waals surface area contributed by atoms with Crippen molar-refractivity contribution in [1.29, 1.82) is 0 Å². The van der Waals surface area contributed by atoms with Crippen LogP contribution in [0.2, 0.25) is 0 Å². The highest BCUT2D eigenvalue weighted by atomic mass is 32.1. The van der Waals surface area contributed by atoms with Crippen molar-refractivity contribution in [2.24, 2.45) is 0 Å². The van der Waals surface area contributed by atoms with E-state index in [9.17, 15) is 5.11 Å². The first-order chi connectivity index (χ1) is 9.81. The summed E-state index contributed by atoms with van der Waals surface area (Å²) in [5.41, 5.74) is 0.846. The van der Waals surface area contributed by atoms with Crippen LogP contribution in [0.1, 0.15) is 40.6 Å². The number of ether oxygens (including phenoxy) is 2. The molecule has 1 aliphatic heterocycles. The van der Waals surface area contributed by atoms with Gasteiger partial charge in [-0.1, -0.05) is 12.1 Å². The third-order valence-electron chi connectivity index (χ3n) is 3.73. The average Bonchev–Trinajstić information content (AvgIpc) is 2.92. The lowest BCUT2D eigenvalue weighted by molar-refractivity contribution is 0.0902. The van der Waals surface area contributed by atoms with Crippen molar-refractivity contribution >= 4 is 11.3 Å². The summed E-state index contributed by atoms with van der Waals surface area (Å²) in [5, 5.41) is 10.9. The van der Waals surface area contributed by atoms with Crippen molar-refractivity contribution in [2.75, 3.05) is 6.61 Å². The highest BCUT2D eigenvalue weighted by molar-refractivity contribution is 7.11. The lowest BCUT2D eigenvalue weighted by Gasteiger charge is -2.24. The third kappa shape index (κ3) is 1.98. The van der Waals surface area contributed by atoms with Gasteiger partial charge in [0.1, 0.15) is 11.6 Å². The van der Waals surface area contributed by atoms with E-state index in [1.807, 2.05) is 24.3 Å². The van der Waals surface area contributed by atoms with Crippen LogP contribution in [-0.4, -0.2) is 16.7 Å². The zero-order valence-electron chi connectivity index (χ0n) is 10.9. The van der Waals surface area contributed by atoms with Crippen LogP contribution < -0.4 is 9.47 Å². The number of aliphatic hydroxyl groups excluding tert-OH is 1. The van der Waals surface area contributed by atoms with Crippen LogP contribution in [0.4, 0.5) is 0 Å². The molecule has 0 saturated carbocycles. The minimum atomic E-state index is -0.416. The summed E-state index contributed by atoms with van der Waals surface area (Å²) < 4.78 is 11.7. The topological polar surface area (TPSA) is 51.6 Å². The smallest absolute Gasteiger partial charge is 0.184 e. The maximum atomic E-state index is 10.0. The van der Waals surface area contributed by atoms with E-state index in [4.69, 9.17) is 9.47 Å². The molecular formula is C15H15NO3S. The summed E-state index contributed by atoms with van der Waals surface area (Å²) in [5.74, 6) is 1.54. The Morgan fingerprint density at radius 2 is 2.10 bits per heavy atom. The summed E-state index contributed by atoms with van der Waals surface area (Å²) in [6.07, 6.45) is 2.25. The van der Waals surface area contributed by atoms with Crippen LogP contribution in [0.15, 0.2) is 24.3 Å². The fraction of sp³-hybridized carbons (Fsp3) is 0.400. The standard InChI is InChI=1S/C15H15NO3S/c17-9-4-3-7-13-14(9)16-15(20-13)12-8-18-10-5-1-2-6-11(10)19-12/h1-2,5-6,9,12,17H,3-4,7-8H2. The number of nitrogens with zero attached hydrogens (tertiary/aromatic N) is 1. The number of fused-ring (bicyclic) bond motifs is 2. The van der Waals surface area contributed by atoms with Crippen molar-refractivity contribution in [2.45, 2.75) is 31.5 Å². The van der Waals surface area contributed by atoms with Crippen LogP contribution in [-0.2, 0) is 6.42 Å². The summed E-state index contributed by atoms with van der Waals surface area (Å²) in [7, 11) is 0. The van der Waals surface area contributed by atoms with Gasteiger partial charge in [0.15, 0.2) is 17.6 Å². The highest BCUT2D eigenvalue weighted by Crippen LogP contribution is 2.40. The normalized spacial score (nSPS) is 24.2. The number of para-hydroxylation sites is 2. The molecule has 0 fully saturated rings. The molecule has 2 unspecified atom stereocenters. The second kappa shape index (κ2) is 4.75. The Hall–Kier alpha value is -1.59. The van der Waals surface area contributed by atoms with Gasteiger partial charge in [0.2, 0.25) is 0 Å². The van der Waals surface area contributed by atoms with E-state index >= 15 is 0 Å². The number of aromatic nitrogens is 1. The first-order valence-electron chi connectivity index (χ1n) is 6.87. The van der Waals surface area contributed by atoms with Gasteiger partial charge in [-0.2, -0.15) is 0 Å². The fourth-order valence-electron chi connectivity index (χ4n) is 2.69. The summed E-state index contributed by atoms with van der Waals surface area (Å²) in [4.78, 5) is 5.79. The molecule has 1 aromatic carbocycles. The van der Waals surface area contributed by atoms with Gasteiger partial charge in [0.25, 0.3) is 0 Å². The lowest BCUT2D eigenvalue weighted by Crippen LogP contribution is -2.21. The van der Waals surface area contributed by atoms with Crippen molar-refractivity contribution in [3.63, 3.8) is 0 Å². The molecule has 2 aliphatic rings. The Balaban J connectivity index is 1.63. The second-order valence-corrected chi connectivity index (χ2v) is 6.25. The molecular weight excluding hydrogens is 274 g/mol. The Labute approximate surface area is 121 Å². The van der Waals surface area contributed by atoms with E-state index in [2.05, 4.69) is 4.98 Å². The summed E-state index contributed by atoms with van der Waals surface area (Å²) >= 11 is 1.64. The van der Waals surface area contributed by atoms with E-state index in [1.54, 1.807) is 11.3 Å². The number of aliphatic hydroxyl groups is 1. The van der Waals surface area contributed by atoms with Crippen LogP contribution in [0.3, 0.4) is 0 Å². The third-order valence-corrected chi connectivity index (χ3v) is 4.95. The molecule has 1 aliphatic carbocycles. The minimum absolute atomic E-state index is 0.173. The zero-order chi connectivity index (χ0) is 13.5. The quantitative estimate of drug-likeness (QED) is 0.876. The summed E-state index contributed by atoms with van der Waals surface area (Å²) in [6.45, 7) is 0.472. The maximum Gasteiger partial charge on any atom is 0.184 e. The number of rotatable bonds is 1. The minimum Gasteiger partial charge on any atom is -0.485 e. The van der Waals surface area contributed by atoms with E-state index in [-0.39, 0.29) is 6.10 Å². The molecule has 4 nitrogen and oxygen atoms in total. The zero-order valence-corrected chi connectivity index (χ0v) is 11.7. The van der Waals surface area contributed by atoms with Gasteiger partial charge in [-0.15, -0.1) is 11.3 Å². The molecule has 2 heterocycles. The monoisotopic (exact) mass is 289 g/mol. The van der Waals surface area contributed by atoms with Crippen LogP contribution >= 0.6 is 11.3 Å². The van der Waals surface area contributed by atoms with Crippen LogP contribution in [0.5, 0.6) is 11.5 Å². The molecule has 0 amide bonds. The molecule has 1 aromatic heterocycles. The largest absolute Gasteiger partial charge is 0.485 e. The highest BCUT2D eigenvalue weighted by Gasteiger charge is 2.29. The van der Waals surface area contributed by atoms with Gasteiger partial charge in [-0.3, -0.25) is 0 Å². The number of hydrogen-bond donors (Lipinski definition) is 1. The molecule has 104 valence electrons. The van der Waals surface area contributed by atoms with Crippen molar-refractivity contribution < 1.29 is 14.6 Å². The SMILES string of the molecule is OC1CCCc2sc(C3COc4ccccc4O3)nc21. The molecule has 0 spiro atoms. The molecule has 20 heavy (non-hydrogen) atoms. The summed E-state index contributed by atoms with van der Waals surface area (Å²) in [6, 6.07) is 7.67. The van der Waals surface area contributed by atoms with Gasteiger partial charge in [-0.05, 0) is 31.4 Å². The predicted octanol–water partition coefficient (Wildman–Crippen LogP) is 3.03. The molecule has 2 aromatic rings. The van der Waals surface area contributed by atoms with E-state index < -0.39 is 6.10 Å². The van der Waals surface area contributed by atoms with E-state index in [1.165, 1.54) is 4.88 Å². The molecule has 0 saturated heterocycles. The maximum absolute atomic E-state index is 10.0. The van der Waals surface area contributed by atoms with Crippen molar-refractivity contribution in [1.82, 2.24) is 4.98 Å². The lowest BCUT2D eigenvalue weighted by atomic mass is 10.0. The molecule has 1 N–H and O–H groups in total. The molecule has 0 radical (unpaired) electrons. The number of benzene rings is 1. The Bertz CT molecular complexity index is 640. The van der Waals surface area contributed by atoms with Crippen molar-refractivity contribution in [3.8, 4) is 11.5 Å². The van der Waals surface area contributed by atoms with E-state index in [0.29, 0.717) is 6.61 Å². The van der Waals surface area contributed by atoms with Gasteiger partial charge in [0, 0.05) is 4.88 Å². The first-order valence-corrected chi connectivity index (χ1v) is 7.69. The number of hydrogen-bond acceptors (Lipinski definition) is 5. The van der Waals surface area contributed by atoms with Gasteiger partial charge in [-0.25, -0.2) is 4.98 Å². The average molecular weight is 289 g/mol. The molecule has 0 bridgehead atoms. The molecule has 2 atom stereocenters. The van der Waals surface area contributed by atoms with Crippen molar-refractivity contribution in [3.05, 3.63) is 39.8 Å². The Morgan fingerprint density at radius 3 is 2.95 bits per heavy atom. The fourth-order valence-corrected chi connectivity index (χ4v) is 3.87. The number of thiazole rings is 1.